The summed E-state index contributed by atoms with van der Waals surface area (Å²) in [5, 5.41) is 2.65. The Hall–Kier alpha value is -2.10. The van der Waals surface area contributed by atoms with E-state index >= 15 is 0 Å². The average molecular weight is 219 g/mol. The predicted molar refractivity (Wildman–Crippen MR) is 61.2 cm³/mol. The van der Waals surface area contributed by atoms with Gasteiger partial charge in [0.15, 0.2) is 0 Å². The molecule has 0 aromatic heterocycles. The van der Waals surface area contributed by atoms with Gasteiger partial charge < -0.3 is 10.1 Å². The number of carbonyl (C=O) groups excluding carboxylic acids is 2. The Morgan fingerprint density at radius 2 is 1.88 bits per heavy atom. The summed E-state index contributed by atoms with van der Waals surface area (Å²) in [5.41, 5.74) is 1.09. The maximum Gasteiger partial charge on any atom is 0.337 e. The van der Waals surface area contributed by atoms with Crippen LogP contribution in [-0.4, -0.2) is 19.0 Å². The van der Waals surface area contributed by atoms with E-state index in [2.05, 4.69) is 10.1 Å². The molecular formula is C12H13NO3. The first-order chi connectivity index (χ1) is 7.67. The Balaban J connectivity index is 2.72. The number of hydrogen-bond donors (Lipinski definition) is 1. The second-order valence-electron chi connectivity index (χ2n) is 3.06. The second-order valence-corrected chi connectivity index (χ2v) is 3.06. The third kappa shape index (κ3) is 3.24. The second kappa shape index (κ2) is 5.70. The molecule has 0 saturated heterocycles. The Morgan fingerprint density at radius 1 is 1.25 bits per heavy atom. The number of ether oxygens (including phenoxy) is 1. The summed E-state index contributed by atoms with van der Waals surface area (Å²) in [5.74, 6) is -0.598. The van der Waals surface area contributed by atoms with Crippen LogP contribution in [0.15, 0.2) is 36.4 Å². The number of nitrogens with one attached hydrogen (secondary N) is 1. The van der Waals surface area contributed by atoms with E-state index in [-0.39, 0.29) is 5.91 Å². The van der Waals surface area contributed by atoms with Gasteiger partial charge in [0.25, 0.3) is 0 Å². The van der Waals surface area contributed by atoms with E-state index in [4.69, 9.17) is 0 Å². The third-order valence-electron chi connectivity index (χ3n) is 1.89. The standard InChI is InChI=1S/C12H13NO3/c1-3-4-11(14)13-10-7-5-9(6-8-10)12(15)16-2/h3-8H,1-2H3,(H,13,14)/b4-3+. The summed E-state index contributed by atoms with van der Waals surface area (Å²) in [7, 11) is 1.32. The van der Waals surface area contributed by atoms with Crippen LogP contribution < -0.4 is 5.32 Å². The Labute approximate surface area is 93.9 Å². The molecule has 4 nitrogen and oxygen atoms in total. The Morgan fingerprint density at radius 3 is 2.38 bits per heavy atom. The molecule has 1 rings (SSSR count). The molecule has 0 spiro atoms. The fraction of sp³-hybridized carbons (Fsp3) is 0.167. The van der Waals surface area contributed by atoms with Crippen molar-refractivity contribution in [3.8, 4) is 0 Å². The summed E-state index contributed by atoms with van der Waals surface area (Å²) >= 11 is 0. The highest BCUT2D eigenvalue weighted by Crippen LogP contribution is 2.10. The minimum absolute atomic E-state index is 0.201. The largest absolute Gasteiger partial charge is 0.465 e. The summed E-state index contributed by atoms with van der Waals surface area (Å²) in [6.07, 6.45) is 3.08. The molecule has 1 aromatic rings. The summed E-state index contributed by atoms with van der Waals surface area (Å²) in [6, 6.07) is 6.48. The molecule has 0 fully saturated rings. The van der Waals surface area contributed by atoms with Gasteiger partial charge in [-0.05, 0) is 37.3 Å². The highest BCUT2D eigenvalue weighted by atomic mass is 16.5. The van der Waals surface area contributed by atoms with Gasteiger partial charge in [-0.15, -0.1) is 0 Å². The zero-order valence-corrected chi connectivity index (χ0v) is 9.19. The van der Waals surface area contributed by atoms with Crippen LogP contribution in [0.25, 0.3) is 0 Å². The van der Waals surface area contributed by atoms with Crippen molar-refractivity contribution in [1.82, 2.24) is 0 Å². The van der Waals surface area contributed by atoms with Crippen LogP contribution in [0.2, 0.25) is 0 Å². The minimum Gasteiger partial charge on any atom is -0.465 e. The highest BCUT2D eigenvalue weighted by molar-refractivity contribution is 5.99. The minimum atomic E-state index is -0.397. The fourth-order valence-corrected chi connectivity index (χ4v) is 1.14. The van der Waals surface area contributed by atoms with Gasteiger partial charge in [-0.2, -0.15) is 0 Å². The third-order valence-corrected chi connectivity index (χ3v) is 1.89. The molecule has 0 saturated carbocycles. The average Bonchev–Trinajstić information content (AvgIpc) is 2.29. The molecule has 4 heteroatoms. The number of amides is 1. The van der Waals surface area contributed by atoms with Crippen LogP contribution in [0.5, 0.6) is 0 Å². The number of carbonyl (C=O) groups is 2. The summed E-state index contributed by atoms with van der Waals surface area (Å²) in [4.78, 5) is 22.3. The van der Waals surface area contributed by atoms with E-state index in [1.54, 1.807) is 37.3 Å². The molecule has 0 aliphatic carbocycles. The molecule has 84 valence electrons. The Bertz CT molecular complexity index is 407. The van der Waals surface area contributed by atoms with Crippen LogP contribution in [0.1, 0.15) is 17.3 Å². The number of rotatable bonds is 3. The topological polar surface area (TPSA) is 55.4 Å². The quantitative estimate of drug-likeness (QED) is 0.624. The van der Waals surface area contributed by atoms with Crippen LogP contribution in [0.4, 0.5) is 5.69 Å². The number of anilines is 1. The molecule has 0 unspecified atom stereocenters. The molecule has 0 bridgehead atoms. The van der Waals surface area contributed by atoms with E-state index < -0.39 is 5.97 Å². The molecule has 16 heavy (non-hydrogen) atoms. The molecular weight excluding hydrogens is 206 g/mol. The lowest BCUT2D eigenvalue weighted by atomic mass is 10.2. The summed E-state index contributed by atoms with van der Waals surface area (Å²) < 4.78 is 4.56. The molecule has 1 amide bonds. The van der Waals surface area contributed by atoms with Gasteiger partial charge in [-0.1, -0.05) is 6.08 Å². The zero-order valence-electron chi connectivity index (χ0n) is 9.19. The zero-order chi connectivity index (χ0) is 12.0. The van der Waals surface area contributed by atoms with E-state index in [0.29, 0.717) is 11.3 Å². The molecule has 0 aliphatic heterocycles. The molecule has 1 aromatic carbocycles. The van der Waals surface area contributed by atoms with Crippen molar-refractivity contribution in [1.29, 1.82) is 0 Å². The number of benzene rings is 1. The van der Waals surface area contributed by atoms with Crippen molar-refractivity contribution >= 4 is 17.6 Å². The lowest BCUT2D eigenvalue weighted by molar-refractivity contribution is -0.111. The van der Waals surface area contributed by atoms with Gasteiger partial charge in [0.1, 0.15) is 0 Å². The number of esters is 1. The van der Waals surface area contributed by atoms with Crippen LogP contribution in [-0.2, 0) is 9.53 Å². The van der Waals surface area contributed by atoms with Crippen molar-refractivity contribution in [3.05, 3.63) is 42.0 Å². The smallest absolute Gasteiger partial charge is 0.337 e. The monoisotopic (exact) mass is 219 g/mol. The van der Waals surface area contributed by atoms with Crippen LogP contribution in [0.3, 0.4) is 0 Å². The fourth-order valence-electron chi connectivity index (χ4n) is 1.14. The SMILES string of the molecule is C/C=C/C(=O)Nc1ccc(C(=O)OC)cc1. The normalized spacial score (nSPS) is 10.1. The first kappa shape index (κ1) is 12.0. The van der Waals surface area contributed by atoms with Crippen LogP contribution >= 0.6 is 0 Å². The van der Waals surface area contributed by atoms with Gasteiger partial charge in [0.05, 0.1) is 12.7 Å². The predicted octanol–water partition coefficient (Wildman–Crippen LogP) is 1.99. The number of methoxy groups -OCH3 is 1. The lowest BCUT2D eigenvalue weighted by Gasteiger charge is -2.03. The highest BCUT2D eigenvalue weighted by Gasteiger charge is 2.04. The molecule has 0 aliphatic rings. The number of allylic oxidation sites excluding steroid dienone is 1. The Kier molecular flexibility index (Phi) is 4.27. The lowest BCUT2D eigenvalue weighted by Crippen LogP contribution is -2.08. The van der Waals surface area contributed by atoms with Crippen molar-refractivity contribution in [2.75, 3.05) is 12.4 Å². The molecule has 0 radical (unpaired) electrons. The maximum absolute atomic E-state index is 11.2. The van der Waals surface area contributed by atoms with Gasteiger partial charge in [-0.25, -0.2) is 4.79 Å². The van der Waals surface area contributed by atoms with E-state index in [1.807, 2.05) is 0 Å². The molecule has 0 heterocycles. The van der Waals surface area contributed by atoms with E-state index in [1.165, 1.54) is 13.2 Å². The van der Waals surface area contributed by atoms with Crippen molar-refractivity contribution in [3.63, 3.8) is 0 Å². The first-order valence-electron chi connectivity index (χ1n) is 4.79. The van der Waals surface area contributed by atoms with Crippen molar-refractivity contribution < 1.29 is 14.3 Å². The van der Waals surface area contributed by atoms with Gasteiger partial charge in [0, 0.05) is 5.69 Å². The van der Waals surface area contributed by atoms with Crippen molar-refractivity contribution in [2.24, 2.45) is 0 Å². The van der Waals surface area contributed by atoms with Crippen molar-refractivity contribution in [2.45, 2.75) is 6.92 Å². The van der Waals surface area contributed by atoms with E-state index in [0.717, 1.165) is 0 Å². The van der Waals surface area contributed by atoms with Gasteiger partial charge >= 0.3 is 5.97 Å². The van der Waals surface area contributed by atoms with Gasteiger partial charge in [0.2, 0.25) is 5.91 Å². The van der Waals surface area contributed by atoms with E-state index in [9.17, 15) is 9.59 Å². The summed E-state index contributed by atoms with van der Waals surface area (Å²) in [6.45, 7) is 1.76. The molecule has 0 atom stereocenters. The molecule has 1 N–H and O–H groups in total. The number of hydrogen-bond acceptors (Lipinski definition) is 3. The maximum atomic E-state index is 11.2. The first-order valence-corrected chi connectivity index (χ1v) is 4.79. The van der Waals surface area contributed by atoms with Crippen LogP contribution in [0, 0.1) is 0 Å². The van der Waals surface area contributed by atoms with Gasteiger partial charge in [-0.3, -0.25) is 4.79 Å².